The highest BCUT2D eigenvalue weighted by Crippen LogP contribution is 2.61. The van der Waals surface area contributed by atoms with E-state index in [1.165, 1.54) is 18.2 Å². The number of hydrogen-bond acceptors (Lipinski definition) is 5. The lowest BCUT2D eigenvalue weighted by Gasteiger charge is -2.56. The summed E-state index contributed by atoms with van der Waals surface area (Å²) in [7, 11) is 1.84. The van der Waals surface area contributed by atoms with Crippen LogP contribution < -0.4 is 16.2 Å². The lowest BCUT2D eigenvalue weighted by atomic mass is 9.48. The zero-order valence-corrected chi connectivity index (χ0v) is 24.6. The molecule has 228 valence electrons. The van der Waals surface area contributed by atoms with E-state index in [9.17, 15) is 22.8 Å². The number of rotatable bonds is 11. The van der Waals surface area contributed by atoms with Crippen LogP contribution in [0.2, 0.25) is 0 Å². The Morgan fingerprint density at radius 1 is 1.14 bits per heavy atom. The maximum atomic E-state index is 15.1. The van der Waals surface area contributed by atoms with Crippen LogP contribution in [0.3, 0.4) is 0 Å². The molecular weight excluding hydrogens is 552 g/mol. The summed E-state index contributed by atoms with van der Waals surface area (Å²) in [4.78, 5) is 26.3. The minimum Gasteiger partial charge on any atom is -0.320 e. The van der Waals surface area contributed by atoms with Crippen molar-refractivity contribution in [1.29, 1.82) is 0 Å². The highest BCUT2D eigenvalue weighted by molar-refractivity contribution is 6.04. The molecule has 1 aromatic carbocycles. The van der Waals surface area contributed by atoms with Crippen molar-refractivity contribution in [3.63, 3.8) is 0 Å². The molecule has 0 unspecified atom stereocenters. The molecule has 2 heterocycles. The SMILES string of the molecule is CCC1(CC)CC(c2ccc(F)c(NC(=O)c3cc(CNCC(C)C)cn(CC(F)(F)F)c3=O)c2)(c2nncn2C)C1. The van der Waals surface area contributed by atoms with Crippen molar-refractivity contribution in [2.24, 2.45) is 18.4 Å². The van der Waals surface area contributed by atoms with Crippen LogP contribution in [-0.4, -0.2) is 38.0 Å². The molecule has 0 aliphatic heterocycles. The average molecular weight is 591 g/mol. The normalized spacial score (nSPS) is 16.0. The molecule has 0 bridgehead atoms. The number of pyridine rings is 1. The molecule has 0 atom stereocenters. The van der Waals surface area contributed by atoms with E-state index >= 15 is 4.39 Å². The molecule has 2 N–H and O–H groups in total. The first kappa shape index (κ1) is 31.4. The number of anilines is 1. The second-order valence-electron chi connectivity index (χ2n) is 11.9. The van der Waals surface area contributed by atoms with E-state index in [2.05, 4.69) is 34.7 Å². The molecule has 0 radical (unpaired) electrons. The summed E-state index contributed by atoms with van der Waals surface area (Å²) >= 11 is 0. The molecular formula is C30H38F4N6O2. The molecule has 1 amide bonds. The number of carbonyl (C=O) groups excluding carboxylic acids is 1. The molecule has 2 aromatic heterocycles. The van der Waals surface area contributed by atoms with E-state index < -0.39 is 41.0 Å². The molecule has 42 heavy (non-hydrogen) atoms. The van der Waals surface area contributed by atoms with Crippen LogP contribution in [0.25, 0.3) is 0 Å². The van der Waals surface area contributed by atoms with Gasteiger partial charge in [0.15, 0.2) is 0 Å². The van der Waals surface area contributed by atoms with Crippen LogP contribution in [0.5, 0.6) is 0 Å². The minimum absolute atomic E-state index is 0.0807. The Balaban J connectivity index is 1.70. The third kappa shape index (κ3) is 6.43. The van der Waals surface area contributed by atoms with Gasteiger partial charge in [-0.05, 0) is 60.0 Å². The predicted molar refractivity (Wildman–Crippen MR) is 152 cm³/mol. The summed E-state index contributed by atoms with van der Waals surface area (Å²) in [6.07, 6.45) is 1.45. The summed E-state index contributed by atoms with van der Waals surface area (Å²) in [6.45, 7) is 7.41. The summed E-state index contributed by atoms with van der Waals surface area (Å²) in [5.74, 6) is -0.720. The first-order valence-electron chi connectivity index (χ1n) is 14.2. The molecule has 1 saturated carbocycles. The van der Waals surface area contributed by atoms with E-state index in [0.717, 1.165) is 43.3 Å². The highest BCUT2D eigenvalue weighted by Gasteiger charge is 2.56. The first-order valence-corrected chi connectivity index (χ1v) is 14.2. The van der Waals surface area contributed by atoms with E-state index in [1.807, 2.05) is 25.5 Å². The minimum atomic E-state index is -4.68. The fourth-order valence-corrected chi connectivity index (χ4v) is 6.07. The largest absolute Gasteiger partial charge is 0.406 e. The monoisotopic (exact) mass is 590 g/mol. The third-order valence-electron chi connectivity index (χ3n) is 8.38. The van der Waals surface area contributed by atoms with Crippen molar-refractivity contribution in [2.45, 2.75) is 78.1 Å². The first-order chi connectivity index (χ1) is 19.7. The Morgan fingerprint density at radius 3 is 2.40 bits per heavy atom. The van der Waals surface area contributed by atoms with Gasteiger partial charge in [-0.2, -0.15) is 13.2 Å². The predicted octanol–water partition coefficient (Wildman–Crippen LogP) is 5.56. The highest BCUT2D eigenvalue weighted by atomic mass is 19.4. The van der Waals surface area contributed by atoms with Gasteiger partial charge < -0.3 is 19.8 Å². The van der Waals surface area contributed by atoms with Crippen LogP contribution in [-0.2, 0) is 25.6 Å². The van der Waals surface area contributed by atoms with Crippen LogP contribution in [0.1, 0.15) is 80.7 Å². The number of hydrogen-bond donors (Lipinski definition) is 2. The number of aryl methyl sites for hydroxylation is 1. The average Bonchev–Trinajstić information content (AvgIpc) is 3.32. The van der Waals surface area contributed by atoms with E-state index in [1.54, 1.807) is 12.4 Å². The molecule has 1 aliphatic rings. The van der Waals surface area contributed by atoms with Gasteiger partial charge in [-0.15, -0.1) is 10.2 Å². The summed E-state index contributed by atoms with van der Waals surface area (Å²) < 4.78 is 57.2. The number of nitrogens with one attached hydrogen (secondary N) is 2. The van der Waals surface area contributed by atoms with Crippen LogP contribution in [0.4, 0.5) is 23.2 Å². The standard InChI is InChI=1S/C30H38F4N6O2/c1-6-28(7-2)15-29(16-28,27-38-36-18-39(27)5)21-8-9-23(31)24(11-21)37-25(41)22-10-20(13-35-12-19(3)4)14-40(26(22)42)17-30(32,33)34/h8-11,14,18-19,35H,6-7,12-13,15-17H2,1-5H3,(H,37,41). The number of nitrogens with zero attached hydrogens (tertiary/aromatic N) is 4. The van der Waals surface area contributed by atoms with Gasteiger partial charge in [0.05, 0.1) is 11.1 Å². The third-order valence-corrected chi connectivity index (χ3v) is 8.38. The van der Waals surface area contributed by atoms with Gasteiger partial charge in [0.25, 0.3) is 11.5 Å². The number of alkyl halides is 3. The van der Waals surface area contributed by atoms with Gasteiger partial charge >= 0.3 is 6.18 Å². The zero-order valence-electron chi connectivity index (χ0n) is 24.6. The molecule has 1 fully saturated rings. The Morgan fingerprint density at radius 2 is 1.83 bits per heavy atom. The van der Waals surface area contributed by atoms with Crippen molar-refractivity contribution in [1.82, 2.24) is 24.6 Å². The molecule has 0 saturated heterocycles. The smallest absolute Gasteiger partial charge is 0.320 e. The molecule has 4 rings (SSSR count). The maximum Gasteiger partial charge on any atom is 0.406 e. The van der Waals surface area contributed by atoms with Crippen molar-refractivity contribution in [2.75, 3.05) is 11.9 Å². The Bertz CT molecular complexity index is 1480. The topological polar surface area (TPSA) is 93.8 Å². The summed E-state index contributed by atoms with van der Waals surface area (Å²) in [5, 5.41) is 14.0. The van der Waals surface area contributed by atoms with Gasteiger partial charge in [0, 0.05) is 19.8 Å². The Kier molecular flexibility index (Phi) is 8.96. The number of carbonyl (C=O) groups is 1. The van der Waals surface area contributed by atoms with Crippen molar-refractivity contribution in [3.8, 4) is 0 Å². The van der Waals surface area contributed by atoms with Crippen molar-refractivity contribution >= 4 is 11.6 Å². The molecule has 1 aliphatic carbocycles. The lowest BCUT2D eigenvalue weighted by Crippen LogP contribution is -2.51. The van der Waals surface area contributed by atoms with Gasteiger partial charge in [-0.1, -0.05) is 46.6 Å². The second kappa shape index (κ2) is 12.0. The van der Waals surface area contributed by atoms with E-state index in [-0.39, 0.29) is 23.6 Å². The lowest BCUT2D eigenvalue weighted by molar-refractivity contribution is -0.141. The number of benzene rings is 1. The summed E-state index contributed by atoms with van der Waals surface area (Å²) in [6, 6.07) is 5.68. The van der Waals surface area contributed by atoms with Crippen LogP contribution in [0, 0.1) is 17.2 Å². The Labute approximate surface area is 242 Å². The van der Waals surface area contributed by atoms with Crippen LogP contribution >= 0.6 is 0 Å². The fourth-order valence-electron chi connectivity index (χ4n) is 6.07. The molecule has 8 nitrogen and oxygen atoms in total. The van der Waals surface area contributed by atoms with Crippen molar-refractivity contribution in [3.05, 3.63) is 75.5 Å². The van der Waals surface area contributed by atoms with E-state index in [4.69, 9.17) is 0 Å². The Hall–Kier alpha value is -3.54. The van der Waals surface area contributed by atoms with Gasteiger partial charge in [-0.3, -0.25) is 9.59 Å². The summed E-state index contributed by atoms with van der Waals surface area (Å²) in [5.41, 5.74) is -1.22. The van der Waals surface area contributed by atoms with E-state index in [0.29, 0.717) is 16.7 Å². The molecule has 0 spiro atoms. The zero-order chi connectivity index (χ0) is 30.9. The van der Waals surface area contributed by atoms with Crippen LogP contribution in [0.15, 0.2) is 41.6 Å². The maximum absolute atomic E-state index is 15.1. The number of aromatic nitrogens is 4. The quantitative estimate of drug-likeness (QED) is 0.285. The molecule has 12 heteroatoms. The van der Waals surface area contributed by atoms with Gasteiger partial charge in [-0.25, -0.2) is 4.39 Å². The number of amides is 1. The van der Waals surface area contributed by atoms with Gasteiger partial charge in [0.2, 0.25) is 0 Å². The van der Waals surface area contributed by atoms with Crippen molar-refractivity contribution < 1.29 is 22.4 Å². The second-order valence-corrected chi connectivity index (χ2v) is 11.9. The molecule has 3 aromatic rings. The number of halogens is 4. The van der Waals surface area contributed by atoms with Gasteiger partial charge in [0.1, 0.15) is 30.1 Å². The fraction of sp³-hybridized carbons (Fsp3) is 0.533.